The number of methoxy groups -OCH3 is 1. The van der Waals surface area contributed by atoms with Gasteiger partial charge < -0.3 is 18.9 Å². The zero-order valence-electron chi connectivity index (χ0n) is 16.7. The van der Waals surface area contributed by atoms with Crippen LogP contribution in [0.1, 0.15) is 42.7 Å². The number of hydrogen-bond donors (Lipinski definition) is 0. The largest absolute Gasteiger partial charge is 0.465 e. The first-order valence-electron chi connectivity index (χ1n) is 10.0. The molecule has 0 N–H and O–H groups in total. The molecule has 8 heteroatoms. The summed E-state index contributed by atoms with van der Waals surface area (Å²) < 4.78 is 15.3. The van der Waals surface area contributed by atoms with E-state index >= 15 is 0 Å². The van der Waals surface area contributed by atoms with Gasteiger partial charge in [-0.15, -0.1) is 0 Å². The summed E-state index contributed by atoms with van der Waals surface area (Å²) in [5, 5.41) is 4.03. The van der Waals surface area contributed by atoms with Gasteiger partial charge in [0.25, 0.3) is 0 Å². The summed E-state index contributed by atoms with van der Waals surface area (Å²) in [6.07, 6.45) is 2.61. The highest BCUT2D eigenvalue weighted by atomic mass is 16.5. The molecular formula is C21H25N3O5. The van der Waals surface area contributed by atoms with E-state index in [9.17, 15) is 9.59 Å². The predicted octanol–water partition coefficient (Wildman–Crippen LogP) is 2.96. The second-order valence-corrected chi connectivity index (χ2v) is 7.64. The number of benzene rings is 1. The maximum Gasteiger partial charge on any atom is 0.409 e. The van der Waals surface area contributed by atoms with Gasteiger partial charge in [-0.3, -0.25) is 4.79 Å². The lowest BCUT2D eigenvalue weighted by Gasteiger charge is -2.37. The highest BCUT2D eigenvalue weighted by Gasteiger charge is 2.33. The Balaban J connectivity index is 1.29. The molecule has 29 heavy (non-hydrogen) atoms. The lowest BCUT2D eigenvalue weighted by atomic mass is 9.96. The normalized spacial score (nSPS) is 18.3. The molecule has 1 aliphatic heterocycles. The minimum atomic E-state index is -0.332. The Hall–Kier alpha value is -2.90. The Morgan fingerprint density at radius 3 is 2.86 bits per heavy atom. The average Bonchev–Trinajstić information content (AvgIpc) is 3.33. The maximum absolute atomic E-state index is 12.3. The van der Waals surface area contributed by atoms with Gasteiger partial charge in [0.2, 0.25) is 11.7 Å². The number of rotatable bonds is 6. The van der Waals surface area contributed by atoms with Crippen molar-refractivity contribution in [3.05, 3.63) is 35.2 Å². The molecule has 2 aliphatic rings. The predicted molar refractivity (Wildman–Crippen MR) is 103 cm³/mol. The van der Waals surface area contributed by atoms with Crippen LogP contribution in [0, 0.1) is 5.92 Å². The lowest BCUT2D eigenvalue weighted by molar-refractivity contribution is -0.147. The summed E-state index contributed by atoms with van der Waals surface area (Å²) in [7, 11) is 1.36. The second-order valence-electron chi connectivity index (χ2n) is 7.64. The van der Waals surface area contributed by atoms with E-state index in [2.05, 4.69) is 27.0 Å². The van der Waals surface area contributed by atoms with Crippen molar-refractivity contribution in [1.29, 1.82) is 0 Å². The molecule has 1 aromatic heterocycles. The molecule has 0 saturated carbocycles. The Morgan fingerprint density at radius 1 is 1.31 bits per heavy atom. The van der Waals surface area contributed by atoms with Crippen LogP contribution in [-0.4, -0.2) is 53.9 Å². The molecule has 0 radical (unpaired) electrons. The Kier molecular flexibility index (Phi) is 5.51. The first-order valence-corrected chi connectivity index (χ1v) is 10.0. The van der Waals surface area contributed by atoms with Crippen molar-refractivity contribution in [2.24, 2.45) is 5.92 Å². The zero-order chi connectivity index (χ0) is 20.4. The molecule has 1 aliphatic carbocycles. The summed E-state index contributed by atoms with van der Waals surface area (Å²) in [6.45, 7) is 3.47. The second kappa shape index (κ2) is 8.23. The van der Waals surface area contributed by atoms with Crippen molar-refractivity contribution in [1.82, 2.24) is 15.0 Å². The molecule has 0 bridgehead atoms. The molecule has 1 atom stereocenters. The standard InChI is InChI=1S/C21H25N3O5/c1-3-18-22-20(23-29-18)16-6-7-17-14(8-16)4-5-15(17)9-19(25)28-12-13-10-24(11-13)21(26)27-2/h6-8,13,15H,3-5,9-12H2,1-2H3/t15-/m0/s1. The Labute approximate surface area is 169 Å². The molecular weight excluding hydrogens is 374 g/mol. The summed E-state index contributed by atoms with van der Waals surface area (Å²) >= 11 is 0. The van der Waals surface area contributed by atoms with Crippen LogP contribution in [0.25, 0.3) is 11.4 Å². The number of nitrogens with zero attached hydrogens (tertiary/aromatic N) is 3. The molecule has 1 saturated heterocycles. The number of aromatic nitrogens is 2. The van der Waals surface area contributed by atoms with Gasteiger partial charge in [0.15, 0.2) is 0 Å². The number of carbonyl (C=O) groups is 2. The van der Waals surface area contributed by atoms with Crippen LogP contribution in [0.5, 0.6) is 0 Å². The van der Waals surface area contributed by atoms with E-state index in [1.807, 2.05) is 13.0 Å². The maximum atomic E-state index is 12.3. The third kappa shape index (κ3) is 4.11. The van der Waals surface area contributed by atoms with Crippen molar-refractivity contribution >= 4 is 12.1 Å². The number of amides is 1. The summed E-state index contributed by atoms with van der Waals surface area (Å²) in [5.74, 6) is 1.42. The van der Waals surface area contributed by atoms with Gasteiger partial charge in [0.1, 0.15) is 0 Å². The van der Waals surface area contributed by atoms with Crippen LogP contribution < -0.4 is 0 Å². The van der Waals surface area contributed by atoms with Crippen LogP contribution >= 0.6 is 0 Å². The zero-order valence-corrected chi connectivity index (χ0v) is 16.7. The molecule has 8 nitrogen and oxygen atoms in total. The summed E-state index contributed by atoms with van der Waals surface area (Å²) in [4.78, 5) is 29.6. The van der Waals surface area contributed by atoms with Crippen LogP contribution in [0.3, 0.4) is 0 Å². The fourth-order valence-corrected chi connectivity index (χ4v) is 4.00. The molecule has 2 aromatic rings. The van der Waals surface area contributed by atoms with Gasteiger partial charge in [-0.05, 0) is 36.0 Å². The van der Waals surface area contributed by atoms with Gasteiger partial charge in [0.05, 0.1) is 20.1 Å². The van der Waals surface area contributed by atoms with E-state index in [0.29, 0.717) is 44.3 Å². The monoisotopic (exact) mass is 399 g/mol. The van der Waals surface area contributed by atoms with Gasteiger partial charge in [-0.2, -0.15) is 4.98 Å². The van der Waals surface area contributed by atoms with Crippen molar-refractivity contribution in [3.63, 3.8) is 0 Å². The molecule has 154 valence electrons. The summed E-state index contributed by atoms with van der Waals surface area (Å²) in [6, 6.07) is 6.15. The van der Waals surface area contributed by atoms with E-state index in [-0.39, 0.29) is 23.9 Å². The van der Waals surface area contributed by atoms with Crippen molar-refractivity contribution in [3.8, 4) is 11.4 Å². The quantitative estimate of drug-likeness (QED) is 0.689. The fraction of sp³-hybridized carbons (Fsp3) is 0.524. The topological polar surface area (TPSA) is 94.8 Å². The average molecular weight is 399 g/mol. The van der Waals surface area contributed by atoms with Crippen LogP contribution in [0.4, 0.5) is 4.79 Å². The third-order valence-electron chi connectivity index (χ3n) is 5.66. The molecule has 0 spiro atoms. The Bertz CT molecular complexity index is 903. The fourth-order valence-electron chi connectivity index (χ4n) is 4.00. The number of esters is 1. The highest BCUT2D eigenvalue weighted by Crippen LogP contribution is 2.37. The van der Waals surface area contributed by atoms with Gasteiger partial charge in [-0.25, -0.2) is 4.79 Å². The lowest BCUT2D eigenvalue weighted by Crippen LogP contribution is -2.51. The Morgan fingerprint density at radius 2 is 2.14 bits per heavy atom. The number of likely N-dealkylation sites (tertiary alicyclic amines) is 1. The van der Waals surface area contributed by atoms with E-state index in [1.54, 1.807) is 4.90 Å². The van der Waals surface area contributed by atoms with Gasteiger partial charge in [0, 0.05) is 31.0 Å². The van der Waals surface area contributed by atoms with E-state index in [0.717, 1.165) is 18.4 Å². The van der Waals surface area contributed by atoms with E-state index in [1.165, 1.54) is 18.2 Å². The smallest absolute Gasteiger partial charge is 0.409 e. The summed E-state index contributed by atoms with van der Waals surface area (Å²) in [5.41, 5.74) is 3.37. The number of fused-ring (bicyclic) bond motifs is 1. The SMILES string of the molecule is CCc1nc(-c2ccc3c(c2)CC[C@H]3CC(=O)OCC2CN(C(=O)OC)C2)no1. The first-order chi connectivity index (χ1) is 14.1. The van der Waals surface area contributed by atoms with Gasteiger partial charge in [-0.1, -0.05) is 24.2 Å². The van der Waals surface area contributed by atoms with E-state index < -0.39 is 0 Å². The van der Waals surface area contributed by atoms with Crippen molar-refractivity contribution in [2.75, 3.05) is 26.8 Å². The number of carbonyl (C=O) groups excluding carboxylic acids is 2. The van der Waals surface area contributed by atoms with Gasteiger partial charge >= 0.3 is 12.1 Å². The minimum absolute atomic E-state index is 0.177. The number of aryl methyl sites for hydroxylation is 2. The number of hydrogen-bond acceptors (Lipinski definition) is 7. The number of ether oxygens (including phenoxy) is 2. The first kappa shape index (κ1) is 19.4. The van der Waals surface area contributed by atoms with Crippen LogP contribution in [0.2, 0.25) is 0 Å². The van der Waals surface area contributed by atoms with E-state index in [4.69, 9.17) is 9.26 Å². The van der Waals surface area contributed by atoms with Crippen molar-refractivity contribution < 1.29 is 23.6 Å². The van der Waals surface area contributed by atoms with Crippen molar-refractivity contribution in [2.45, 2.75) is 38.5 Å². The third-order valence-corrected chi connectivity index (χ3v) is 5.66. The molecule has 0 unspecified atom stereocenters. The highest BCUT2D eigenvalue weighted by molar-refractivity contribution is 5.71. The minimum Gasteiger partial charge on any atom is -0.465 e. The molecule has 1 aromatic carbocycles. The molecule has 2 heterocycles. The molecule has 4 rings (SSSR count). The molecule has 1 amide bonds. The van der Waals surface area contributed by atoms with Crippen LogP contribution in [0.15, 0.2) is 22.7 Å². The molecule has 1 fully saturated rings. The van der Waals surface area contributed by atoms with Crippen LogP contribution in [-0.2, 0) is 27.1 Å².